The Morgan fingerprint density at radius 1 is 1.44 bits per heavy atom. The summed E-state index contributed by atoms with van der Waals surface area (Å²) in [6, 6.07) is 0.389. The minimum absolute atomic E-state index is 0. The van der Waals surface area contributed by atoms with E-state index in [0.717, 1.165) is 32.5 Å². The molecule has 0 radical (unpaired) electrons. The fourth-order valence-corrected chi connectivity index (χ4v) is 2.51. The molecule has 2 atom stereocenters. The summed E-state index contributed by atoms with van der Waals surface area (Å²) in [5.74, 6) is 0.531. The van der Waals surface area contributed by atoms with Crippen LogP contribution >= 0.6 is 12.4 Å². The van der Waals surface area contributed by atoms with Gasteiger partial charge in [-0.1, -0.05) is 6.92 Å². The van der Waals surface area contributed by atoms with Gasteiger partial charge >= 0.3 is 0 Å². The molecule has 1 amide bonds. The summed E-state index contributed by atoms with van der Waals surface area (Å²) in [7, 11) is 0. The van der Waals surface area contributed by atoms with E-state index in [-0.39, 0.29) is 18.3 Å². The number of carbonyl (C=O) groups excluding carboxylic acids is 1. The molecular weight excluding hydrogens is 228 g/mol. The van der Waals surface area contributed by atoms with Gasteiger partial charge in [-0.25, -0.2) is 0 Å². The molecule has 0 aromatic rings. The van der Waals surface area contributed by atoms with Crippen molar-refractivity contribution < 1.29 is 9.53 Å². The molecule has 0 aliphatic carbocycles. The highest BCUT2D eigenvalue weighted by atomic mass is 35.5. The fourth-order valence-electron chi connectivity index (χ4n) is 2.51. The molecule has 2 saturated heterocycles. The minimum Gasteiger partial charge on any atom is -0.378 e. The Morgan fingerprint density at radius 3 is 2.75 bits per heavy atom. The predicted octanol–water partition coefficient (Wildman–Crippen LogP) is 0.655. The van der Waals surface area contributed by atoms with Crippen LogP contribution in [-0.2, 0) is 9.53 Å². The van der Waals surface area contributed by atoms with Crippen molar-refractivity contribution >= 4 is 18.3 Å². The maximum atomic E-state index is 12.2. The SMILES string of the molecule is CCC1NCCC1C(=O)N1CCOCC1.Cl. The van der Waals surface area contributed by atoms with E-state index in [1.165, 1.54) is 0 Å². The van der Waals surface area contributed by atoms with E-state index in [4.69, 9.17) is 4.74 Å². The van der Waals surface area contributed by atoms with Gasteiger partial charge in [0, 0.05) is 19.1 Å². The Kier molecular flexibility index (Phi) is 5.52. The zero-order valence-corrected chi connectivity index (χ0v) is 10.6. The predicted molar refractivity (Wildman–Crippen MR) is 64.8 cm³/mol. The molecule has 0 saturated carbocycles. The Balaban J connectivity index is 0.00000128. The number of nitrogens with one attached hydrogen (secondary N) is 1. The van der Waals surface area contributed by atoms with Crippen molar-refractivity contribution in [2.75, 3.05) is 32.8 Å². The van der Waals surface area contributed by atoms with Crippen molar-refractivity contribution in [3.63, 3.8) is 0 Å². The first-order valence-corrected chi connectivity index (χ1v) is 5.93. The highest BCUT2D eigenvalue weighted by molar-refractivity contribution is 5.85. The van der Waals surface area contributed by atoms with E-state index in [0.29, 0.717) is 25.2 Å². The van der Waals surface area contributed by atoms with E-state index in [9.17, 15) is 4.79 Å². The molecule has 2 aliphatic rings. The molecule has 0 bridgehead atoms. The normalized spacial score (nSPS) is 29.9. The standard InChI is InChI=1S/C11H20N2O2.ClH/c1-2-10-9(3-4-12-10)11(14)13-5-7-15-8-6-13;/h9-10,12H,2-8H2,1H3;1H. The van der Waals surface area contributed by atoms with Gasteiger partial charge < -0.3 is 15.0 Å². The van der Waals surface area contributed by atoms with E-state index in [1.807, 2.05) is 4.90 Å². The maximum absolute atomic E-state index is 12.2. The molecule has 16 heavy (non-hydrogen) atoms. The number of amides is 1. The van der Waals surface area contributed by atoms with Crippen LogP contribution in [0, 0.1) is 5.92 Å². The Hall–Kier alpha value is -0.320. The molecule has 2 heterocycles. The van der Waals surface area contributed by atoms with Gasteiger partial charge in [-0.3, -0.25) is 4.79 Å². The average molecular weight is 249 g/mol. The molecular formula is C11H21ClN2O2. The number of nitrogens with zero attached hydrogens (tertiary/aromatic N) is 1. The number of carbonyl (C=O) groups is 1. The molecule has 0 spiro atoms. The number of hydrogen-bond acceptors (Lipinski definition) is 3. The van der Waals surface area contributed by atoms with E-state index < -0.39 is 0 Å². The molecule has 0 aromatic carbocycles. The largest absolute Gasteiger partial charge is 0.378 e. The van der Waals surface area contributed by atoms with Crippen LogP contribution in [0.1, 0.15) is 19.8 Å². The lowest BCUT2D eigenvalue weighted by molar-refractivity contribution is -0.139. The number of hydrogen-bond donors (Lipinski definition) is 1. The van der Waals surface area contributed by atoms with Crippen LogP contribution < -0.4 is 5.32 Å². The molecule has 2 aliphatic heterocycles. The second kappa shape index (κ2) is 6.42. The molecule has 1 N–H and O–H groups in total. The van der Waals surface area contributed by atoms with Crippen molar-refractivity contribution in [1.29, 1.82) is 0 Å². The summed E-state index contributed by atoms with van der Waals surface area (Å²) in [6.07, 6.45) is 2.04. The zero-order valence-electron chi connectivity index (χ0n) is 9.78. The third-order valence-electron chi connectivity index (χ3n) is 3.43. The highest BCUT2D eigenvalue weighted by Crippen LogP contribution is 2.21. The van der Waals surface area contributed by atoms with Gasteiger partial charge in [-0.15, -0.1) is 12.4 Å². The lowest BCUT2D eigenvalue weighted by Gasteiger charge is -2.30. The molecule has 2 unspecified atom stereocenters. The molecule has 94 valence electrons. The quantitative estimate of drug-likeness (QED) is 0.781. The second-order valence-electron chi connectivity index (χ2n) is 4.30. The van der Waals surface area contributed by atoms with Crippen molar-refractivity contribution in [2.24, 2.45) is 5.92 Å². The van der Waals surface area contributed by atoms with Crippen molar-refractivity contribution in [3.8, 4) is 0 Å². The second-order valence-corrected chi connectivity index (χ2v) is 4.30. The first-order valence-electron chi connectivity index (χ1n) is 5.93. The number of morpholine rings is 1. The maximum Gasteiger partial charge on any atom is 0.227 e. The van der Waals surface area contributed by atoms with Crippen LogP contribution in [-0.4, -0.2) is 49.7 Å². The molecule has 5 heteroatoms. The van der Waals surface area contributed by atoms with E-state index >= 15 is 0 Å². The Morgan fingerprint density at radius 2 is 2.12 bits per heavy atom. The van der Waals surface area contributed by atoms with Crippen molar-refractivity contribution in [3.05, 3.63) is 0 Å². The van der Waals surface area contributed by atoms with Crippen LogP contribution in [0.3, 0.4) is 0 Å². The van der Waals surface area contributed by atoms with Gasteiger partial charge in [-0.05, 0) is 19.4 Å². The van der Waals surface area contributed by atoms with Gasteiger partial charge in [0.2, 0.25) is 5.91 Å². The van der Waals surface area contributed by atoms with Gasteiger partial charge in [0.25, 0.3) is 0 Å². The third kappa shape index (κ3) is 2.87. The Bertz CT molecular complexity index is 232. The number of halogens is 1. The first kappa shape index (κ1) is 13.7. The van der Waals surface area contributed by atoms with Gasteiger partial charge in [-0.2, -0.15) is 0 Å². The van der Waals surface area contributed by atoms with Crippen LogP contribution in [0.2, 0.25) is 0 Å². The average Bonchev–Trinajstić information content (AvgIpc) is 2.77. The molecule has 2 rings (SSSR count). The van der Waals surface area contributed by atoms with E-state index in [1.54, 1.807) is 0 Å². The van der Waals surface area contributed by atoms with Crippen molar-refractivity contribution in [2.45, 2.75) is 25.8 Å². The summed E-state index contributed by atoms with van der Waals surface area (Å²) in [5.41, 5.74) is 0. The number of rotatable bonds is 2. The summed E-state index contributed by atoms with van der Waals surface area (Å²) < 4.78 is 5.26. The van der Waals surface area contributed by atoms with Crippen LogP contribution in [0.15, 0.2) is 0 Å². The third-order valence-corrected chi connectivity index (χ3v) is 3.43. The van der Waals surface area contributed by atoms with Crippen LogP contribution in [0.25, 0.3) is 0 Å². The highest BCUT2D eigenvalue weighted by Gasteiger charge is 2.34. The molecule has 0 aromatic heterocycles. The monoisotopic (exact) mass is 248 g/mol. The molecule has 2 fully saturated rings. The lowest BCUT2D eigenvalue weighted by atomic mass is 9.97. The molecule has 4 nitrogen and oxygen atoms in total. The summed E-state index contributed by atoms with van der Waals surface area (Å²) in [6.45, 7) is 6.06. The minimum atomic E-state index is 0. The zero-order chi connectivity index (χ0) is 10.7. The van der Waals surface area contributed by atoms with Gasteiger partial charge in [0.15, 0.2) is 0 Å². The van der Waals surface area contributed by atoms with Gasteiger partial charge in [0.1, 0.15) is 0 Å². The smallest absolute Gasteiger partial charge is 0.227 e. The summed E-state index contributed by atoms with van der Waals surface area (Å²) in [4.78, 5) is 14.2. The van der Waals surface area contributed by atoms with Crippen molar-refractivity contribution in [1.82, 2.24) is 10.2 Å². The Labute approximate surface area is 103 Å². The fraction of sp³-hybridized carbons (Fsp3) is 0.909. The lowest BCUT2D eigenvalue weighted by Crippen LogP contribution is -2.46. The summed E-state index contributed by atoms with van der Waals surface area (Å²) >= 11 is 0. The summed E-state index contributed by atoms with van der Waals surface area (Å²) in [5, 5.41) is 3.40. The van der Waals surface area contributed by atoms with Crippen LogP contribution in [0.5, 0.6) is 0 Å². The first-order chi connectivity index (χ1) is 7.33. The van der Waals surface area contributed by atoms with Crippen LogP contribution in [0.4, 0.5) is 0 Å². The van der Waals surface area contributed by atoms with E-state index in [2.05, 4.69) is 12.2 Å². The topological polar surface area (TPSA) is 41.6 Å². The van der Waals surface area contributed by atoms with Gasteiger partial charge in [0.05, 0.1) is 19.1 Å². The number of ether oxygens (including phenoxy) is 1.